The molecule has 0 aromatic heterocycles. The van der Waals surface area contributed by atoms with Crippen LogP contribution in [0.5, 0.6) is 0 Å². The SMILES string of the molecule is CCCOC1CCCN(C(=O)C2(c3cc(C)cc(C)c3)CC2)C1. The zero-order valence-corrected chi connectivity index (χ0v) is 14.7. The Balaban J connectivity index is 1.74. The van der Waals surface area contributed by atoms with Crippen LogP contribution in [0.25, 0.3) is 0 Å². The predicted molar refractivity (Wildman–Crippen MR) is 92.7 cm³/mol. The molecule has 1 aliphatic carbocycles. The van der Waals surface area contributed by atoms with Gasteiger partial charge in [0.25, 0.3) is 0 Å². The van der Waals surface area contributed by atoms with E-state index < -0.39 is 0 Å². The Labute approximate surface area is 140 Å². The monoisotopic (exact) mass is 315 g/mol. The van der Waals surface area contributed by atoms with E-state index in [-0.39, 0.29) is 11.5 Å². The van der Waals surface area contributed by atoms with E-state index in [1.165, 1.54) is 16.7 Å². The molecular formula is C20H29NO2. The molecule has 1 amide bonds. The average Bonchev–Trinajstić information content (AvgIpc) is 3.33. The summed E-state index contributed by atoms with van der Waals surface area (Å²) in [7, 11) is 0. The number of hydrogen-bond donors (Lipinski definition) is 0. The number of benzene rings is 1. The summed E-state index contributed by atoms with van der Waals surface area (Å²) in [5.41, 5.74) is 3.48. The van der Waals surface area contributed by atoms with Crippen LogP contribution in [0.1, 0.15) is 55.7 Å². The molecule has 1 saturated carbocycles. The molecule has 1 atom stereocenters. The Morgan fingerprint density at radius 3 is 2.57 bits per heavy atom. The van der Waals surface area contributed by atoms with Crippen molar-refractivity contribution in [3.8, 4) is 0 Å². The Kier molecular flexibility index (Phi) is 4.77. The summed E-state index contributed by atoms with van der Waals surface area (Å²) in [5.74, 6) is 0.326. The molecule has 2 aliphatic rings. The third kappa shape index (κ3) is 3.45. The predicted octanol–water partition coefficient (Wildman–Crippen LogP) is 3.75. The fourth-order valence-electron chi connectivity index (χ4n) is 3.85. The molecule has 3 rings (SSSR count). The molecule has 0 radical (unpaired) electrons. The van der Waals surface area contributed by atoms with Crippen LogP contribution in [0.15, 0.2) is 18.2 Å². The largest absolute Gasteiger partial charge is 0.376 e. The van der Waals surface area contributed by atoms with E-state index in [9.17, 15) is 4.79 Å². The Hall–Kier alpha value is -1.35. The second kappa shape index (κ2) is 6.64. The van der Waals surface area contributed by atoms with E-state index >= 15 is 0 Å². The van der Waals surface area contributed by atoms with Crippen LogP contribution in [-0.4, -0.2) is 36.6 Å². The zero-order chi connectivity index (χ0) is 16.4. The van der Waals surface area contributed by atoms with Gasteiger partial charge in [-0.3, -0.25) is 4.79 Å². The van der Waals surface area contributed by atoms with Crippen molar-refractivity contribution in [1.29, 1.82) is 0 Å². The minimum absolute atomic E-state index is 0.225. The van der Waals surface area contributed by atoms with Gasteiger partial charge in [0.05, 0.1) is 11.5 Å². The first kappa shape index (κ1) is 16.5. The van der Waals surface area contributed by atoms with Gasteiger partial charge in [0, 0.05) is 19.7 Å². The van der Waals surface area contributed by atoms with Crippen molar-refractivity contribution < 1.29 is 9.53 Å². The van der Waals surface area contributed by atoms with Crippen molar-refractivity contribution in [1.82, 2.24) is 4.90 Å². The zero-order valence-electron chi connectivity index (χ0n) is 14.7. The highest BCUT2D eigenvalue weighted by Gasteiger charge is 2.53. The maximum absolute atomic E-state index is 13.2. The van der Waals surface area contributed by atoms with Crippen molar-refractivity contribution in [2.45, 2.75) is 64.4 Å². The molecule has 0 N–H and O–H groups in total. The smallest absolute Gasteiger partial charge is 0.233 e. The third-order valence-corrected chi connectivity index (χ3v) is 5.16. The van der Waals surface area contributed by atoms with Gasteiger partial charge < -0.3 is 9.64 Å². The van der Waals surface area contributed by atoms with Crippen molar-refractivity contribution in [2.24, 2.45) is 0 Å². The lowest BCUT2D eigenvalue weighted by molar-refractivity contribution is -0.138. The molecule has 0 bridgehead atoms. The van der Waals surface area contributed by atoms with Crippen LogP contribution in [-0.2, 0) is 14.9 Å². The molecule has 1 aliphatic heterocycles. The maximum Gasteiger partial charge on any atom is 0.233 e. The summed E-state index contributed by atoms with van der Waals surface area (Å²) in [6.45, 7) is 8.82. The van der Waals surface area contributed by atoms with E-state index in [0.717, 1.165) is 51.8 Å². The number of amides is 1. The highest BCUT2D eigenvalue weighted by atomic mass is 16.5. The lowest BCUT2D eigenvalue weighted by Crippen LogP contribution is -2.47. The first-order chi connectivity index (χ1) is 11.0. The first-order valence-corrected chi connectivity index (χ1v) is 9.05. The van der Waals surface area contributed by atoms with Crippen molar-refractivity contribution in [3.05, 3.63) is 34.9 Å². The van der Waals surface area contributed by atoms with Crippen LogP contribution in [0.3, 0.4) is 0 Å². The van der Waals surface area contributed by atoms with Gasteiger partial charge in [0.1, 0.15) is 0 Å². The number of likely N-dealkylation sites (tertiary alicyclic amines) is 1. The number of aryl methyl sites for hydroxylation is 2. The molecule has 1 aromatic rings. The summed E-state index contributed by atoms with van der Waals surface area (Å²) in [6.07, 6.45) is 5.39. The van der Waals surface area contributed by atoms with Crippen molar-refractivity contribution >= 4 is 5.91 Å². The Morgan fingerprint density at radius 2 is 1.96 bits per heavy atom. The highest BCUT2D eigenvalue weighted by molar-refractivity contribution is 5.91. The van der Waals surface area contributed by atoms with E-state index in [0.29, 0.717) is 5.91 Å². The second-order valence-corrected chi connectivity index (χ2v) is 7.34. The van der Waals surface area contributed by atoms with E-state index in [1.54, 1.807) is 0 Å². The number of ether oxygens (including phenoxy) is 1. The van der Waals surface area contributed by atoms with Crippen molar-refractivity contribution in [2.75, 3.05) is 19.7 Å². The quantitative estimate of drug-likeness (QED) is 0.828. The number of carbonyl (C=O) groups excluding carboxylic acids is 1. The van der Waals surface area contributed by atoms with E-state index in [4.69, 9.17) is 4.74 Å². The lowest BCUT2D eigenvalue weighted by Gasteiger charge is -2.35. The van der Waals surface area contributed by atoms with Gasteiger partial charge in [-0.2, -0.15) is 0 Å². The summed E-state index contributed by atoms with van der Waals surface area (Å²) in [6, 6.07) is 6.58. The van der Waals surface area contributed by atoms with Gasteiger partial charge in [-0.1, -0.05) is 36.2 Å². The van der Waals surface area contributed by atoms with Gasteiger partial charge in [0.2, 0.25) is 5.91 Å². The molecule has 2 fully saturated rings. The fourth-order valence-corrected chi connectivity index (χ4v) is 3.85. The van der Waals surface area contributed by atoms with E-state index in [2.05, 4.69) is 43.9 Å². The number of hydrogen-bond acceptors (Lipinski definition) is 2. The van der Waals surface area contributed by atoms with Crippen LogP contribution in [0, 0.1) is 13.8 Å². The molecule has 126 valence electrons. The first-order valence-electron chi connectivity index (χ1n) is 9.05. The molecule has 1 heterocycles. The number of carbonyl (C=O) groups is 1. The Morgan fingerprint density at radius 1 is 1.26 bits per heavy atom. The van der Waals surface area contributed by atoms with Crippen LogP contribution >= 0.6 is 0 Å². The van der Waals surface area contributed by atoms with Gasteiger partial charge in [-0.25, -0.2) is 0 Å². The van der Waals surface area contributed by atoms with Crippen LogP contribution in [0.2, 0.25) is 0 Å². The van der Waals surface area contributed by atoms with Crippen LogP contribution < -0.4 is 0 Å². The topological polar surface area (TPSA) is 29.5 Å². The summed E-state index contributed by atoms with van der Waals surface area (Å²) in [4.78, 5) is 15.3. The third-order valence-electron chi connectivity index (χ3n) is 5.16. The van der Waals surface area contributed by atoms with Gasteiger partial charge in [-0.15, -0.1) is 0 Å². The standard InChI is InChI=1S/C20H29NO2/c1-4-10-23-18-6-5-9-21(14-18)19(22)20(7-8-20)17-12-15(2)11-16(3)13-17/h11-13,18H,4-10,14H2,1-3H3. The molecule has 1 unspecified atom stereocenters. The molecule has 3 heteroatoms. The molecule has 1 aromatic carbocycles. The number of nitrogens with zero attached hydrogens (tertiary/aromatic N) is 1. The fraction of sp³-hybridized carbons (Fsp3) is 0.650. The molecule has 23 heavy (non-hydrogen) atoms. The van der Waals surface area contributed by atoms with Crippen LogP contribution in [0.4, 0.5) is 0 Å². The molecule has 0 spiro atoms. The molecular weight excluding hydrogens is 286 g/mol. The van der Waals surface area contributed by atoms with Gasteiger partial charge >= 0.3 is 0 Å². The second-order valence-electron chi connectivity index (χ2n) is 7.34. The van der Waals surface area contributed by atoms with Gasteiger partial charge in [0.15, 0.2) is 0 Å². The molecule has 3 nitrogen and oxygen atoms in total. The highest BCUT2D eigenvalue weighted by Crippen LogP contribution is 2.50. The lowest BCUT2D eigenvalue weighted by atomic mass is 9.90. The average molecular weight is 315 g/mol. The minimum atomic E-state index is -0.247. The normalized spacial score (nSPS) is 22.9. The summed E-state index contributed by atoms with van der Waals surface area (Å²) in [5, 5.41) is 0. The minimum Gasteiger partial charge on any atom is -0.376 e. The summed E-state index contributed by atoms with van der Waals surface area (Å²) >= 11 is 0. The van der Waals surface area contributed by atoms with Crippen molar-refractivity contribution in [3.63, 3.8) is 0 Å². The van der Waals surface area contributed by atoms with E-state index in [1.807, 2.05) is 0 Å². The molecule has 1 saturated heterocycles. The maximum atomic E-state index is 13.2. The van der Waals surface area contributed by atoms with Gasteiger partial charge in [-0.05, 0) is 51.5 Å². The summed E-state index contributed by atoms with van der Waals surface area (Å²) < 4.78 is 5.90. The number of rotatable bonds is 5. The number of piperidine rings is 1. The Bertz CT molecular complexity index is 557.